The first kappa shape index (κ1) is 10.6. The van der Waals surface area contributed by atoms with Gasteiger partial charge in [0.15, 0.2) is 0 Å². The Kier molecular flexibility index (Phi) is 2.50. The molecule has 4 nitrogen and oxygen atoms in total. The molecule has 0 spiro atoms. The van der Waals surface area contributed by atoms with Gasteiger partial charge in [0.1, 0.15) is 17.8 Å². The third-order valence-corrected chi connectivity index (χ3v) is 3.72. The smallest absolute Gasteiger partial charge is 0.142 e. The van der Waals surface area contributed by atoms with Gasteiger partial charge in [-0.25, -0.2) is 9.97 Å². The summed E-state index contributed by atoms with van der Waals surface area (Å²) in [5.74, 6) is 1.82. The molecular formula is C13H18N4. The van der Waals surface area contributed by atoms with Gasteiger partial charge < -0.3 is 9.88 Å². The van der Waals surface area contributed by atoms with Gasteiger partial charge in [-0.3, -0.25) is 0 Å². The molecule has 0 aromatic carbocycles. The lowest BCUT2D eigenvalue weighted by Gasteiger charge is -2.37. The number of H-pyrrole nitrogens is 1. The summed E-state index contributed by atoms with van der Waals surface area (Å²) in [6, 6.07) is 2.63. The van der Waals surface area contributed by atoms with E-state index in [1.54, 1.807) is 6.33 Å². The van der Waals surface area contributed by atoms with Gasteiger partial charge >= 0.3 is 0 Å². The Labute approximate surface area is 101 Å². The maximum absolute atomic E-state index is 4.48. The first-order valence-corrected chi connectivity index (χ1v) is 6.30. The van der Waals surface area contributed by atoms with Gasteiger partial charge in [0.25, 0.3) is 0 Å². The molecule has 17 heavy (non-hydrogen) atoms. The number of fused-ring (bicyclic) bond motifs is 1. The lowest BCUT2D eigenvalue weighted by molar-refractivity contribution is 0.389. The monoisotopic (exact) mass is 230 g/mol. The van der Waals surface area contributed by atoms with Crippen LogP contribution in [0.25, 0.3) is 11.0 Å². The molecule has 2 unspecified atom stereocenters. The Morgan fingerprint density at radius 2 is 2.18 bits per heavy atom. The molecular weight excluding hydrogens is 212 g/mol. The first-order valence-electron chi connectivity index (χ1n) is 6.30. The number of hydrogen-bond donors (Lipinski definition) is 1. The Bertz CT molecular complexity index is 519. The molecule has 3 heterocycles. The average molecular weight is 230 g/mol. The van der Waals surface area contributed by atoms with Crippen LogP contribution in [0.15, 0.2) is 18.6 Å². The maximum atomic E-state index is 4.48. The van der Waals surface area contributed by atoms with E-state index in [2.05, 4.69) is 39.8 Å². The van der Waals surface area contributed by atoms with E-state index in [1.807, 2.05) is 6.20 Å². The second-order valence-corrected chi connectivity index (χ2v) is 5.12. The third kappa shape index (κ3) is 1.77. The molecule has 2 atom stereocenters. The summed E-state index contributed by atoms with van der Waals surface area (Å²) >= 11 is 0. The highest BCUT2D eigenvalue weighted by molar-refractivity contribution is 5.87. The van der Waals surface area contributed by atoms with Gasteiger partial charge in [-0.2, -0.15) is 0 Å². The summed E-state index contributed by atoms with van der Waals surface area (Å²) in [6.07, 6.45) is 6.15. The number of aromatic amines is 1. The molecule has 1 aliphatic heterocycles. The lowest BCUT2D eigenvalue weighted by Crippen LogP contribution is -2.41. The zero-order valence-corrected chi connectivity index (χ0v) is 10.3. The third-order valence-electron chi connectivity index (χ3n) is 3.72. The average Bonchev–Trinajstić information content (AvgIpc) is 2.80. The molecule has 0 saturated carbocycles. The molecule has 1 N–H and O–H groups in total. The fourth-order valence-electron chi connectivity index (χ4n) is 2.67. The van der Waals surface area contributed by atoms with Crippen molar-refractivity contribution in [3.8, 4) is 0 Å². The van der Waals surface area contributed by atoms with E-state index in [1.165, 1.54) is 12.8 Å². The summed E-state index contributed by atoms with van der Waals surface area (Å²) in [4.78, 5) is 14.3. The van der Waals surface area contributed by atoms with Crippen molar-refractivity contribution >= 4 is 16.9 Å². The van der Waals surface area contributed by atoms with Crippen molar-refractivity contribution in [1.82, 2.24) is 15.0 Å². The molecule has 1 fully saturated rings. The molecule has 0 radical (unpaired) electrons. The van der Waals surface area contributed by atoms with Crippen molar-refractivity contribution in [2.75, 3.05) is 11.4 Å². The van der Waals surface area contributed by atoms with Crippen molar-refractivity contribution in [1.29, 1.82) is 0 Å². The van der Waals surface area contributed by atoms with Crippen molar-refractivity contribution in [2.24, 2.45) is 5.92 Å². The Hall–Kier alpha value is -1.58. The van der Waals surface area contributed by atoms with Gasteiger partial charge in [0.05, 0.1) is 5.39 Å². The number of rotatable bonds is 1. The van der Waals surface area contributed by atoms with Crippen LogP contribution in [0.1, 0.15) is 26.7 Å². The SMILES string of the molecule is CC1CCC(C)N(c2ncnc3[nH]ccc23)C1. The zero-order valence-electron chi connectivity index (χ0n) is 10.3. The molecule has 4 heteroatoms. The van der Waals surface area contributed by atoms with Gasteiger partial charge in [-0.1, -0.05) is 6.92 Å². The predicted molar refractivity (Wildman–Crippen MR) is 69.1 cm³/mol. The van der Waals surface area contributed by atoms with Gasteiger partial charge in [0, 0.05) is 18.8 Å². The van der Waals surface area contributed by atoms with Crippen LogP contribution in [-0.4, -0.2) is 27.5 Å². The lowest BCUT2D eigenvalue weighted by atomic mass is 9.95. The molecule has 2 aromatic rings. The predicted octanol–water partition coefficient (Wildman–Crippen LogP) is 2.58. The summed E-state index contributed by atoms with van der Waals surface area (Å²) in [6.45, 7) is 5.69. The van der Waals surface area contributed by atoms with Crippen LogP contribution in [-0.2, 0) is 0 Å². The van der Waals surface area contributed by atoms with Crippen molar-refractivity contribution < 1.29 is 0 Å². The Morgan fingerprint density at radius 3 is 3.06 bits per heavy atom. The zero-order chi connectivity index (χ0) is 11.8. The standard InChI is InChI=1S/C13H18N4/c1-9-3-4-10(2)17(7-9)13-11-5-6-14-12(11)15-8-16-13/h5-6,8-10H,3-4,7H2,1-2H3,(H,14,15,16). The highest BCUT2D eigenvalue weighted by Gasteiger charge is 2.25. The Morgan fingerprint density at radius 1 is 1.29 bits per heavy atom. The molecule has 90 valence electrons. The summed E-state index contributed by atoms with van der Waals surface area (Å²) in [5, 5.41) is 1.13. The molecule has 1 saturated heterocycles. The van der Waals surface area contributed by atoms with E-state index < -0.39 is 0 Å². The molecule has 0 aliphatic carbocycles. The van der Waals surface area contributed by atoms with E-state index in [4.69, 9.17) is 0 Å². The second-order valence-electron chi connectivity index (χ2n) is 5.12. The fourth-order valence-corrected chi connectivity index (χ4v) is 2.67. The number of anilines is 1. The maximum Gasteiger partial charge on any atom is 0.142 e. The van der Waals surface area contributed by atoms with Crippen LogP contribution in [0.3, 0.4) is 0 Å². The van der Waals surface area contributed by atoms with Crippen LogP contribution in [0, 0.1) is 5.92 Å². The number of nitrogens with zero attached hydrogens (tertiary/aromatic N) is 3. The second kappa shape index (κ2) is 4.02. The first-order chi connectivity index (χ1) is 8.25. The van der Waals surface area contributed by atoms with Crippen LogP contribution in [0.2, 0.25) is 0 Å². The van der Waals surface area contributed by atoms with Gasteiger partial charge in [0.2, 0.25) is 0 Å². The quantitative estimate of drug-likeness (QED) is 0.819. The molecule has 3 rings (SSSR count). The van der Waals surface area contributed by atoms with Gasteiger partial charge in [-0.05, 0) is 31.7 Å². The van der Waals surface area contributed by atoms with Crippen molar-refractivity contribution in [3.63, 3.8) is 0 Å². The minimum Gasteiger partial charge on any atom is -0.353 e. The molecule has 2 aromatic heterocycles. The van der Waals surface area contributed by atoms with E-state index in [-0.39, 0.29) is 0 Å². The van der Waals surface area contributed by atoms with Crippen molar-refractivity contribution in [2.45, 2.75) is 32.7 Å². The fraction of sp³-hybridized carbons (Fsp3) is 0.538. The molecule has 0 bridgehead atoms. The Balaban J connectivity index is 2.04. The van der Waals surface area contributed by atoms with Crippen LogP contribution in [0.5, 0.6) is 0 Å². The normalized spacial score (nSPS) is 25.4. The highest BCUT2D eigenvalue weighted by Crippen LogP contribution is 2.30. The number of piperidine rings is 1. The summed E-state index contributed by atoms with van der Waals surface area (Å²) in [5.41, 5.74) is 0.931. The van der Waals surface area contributed by atoms with Crippen LogP contribution >= 0.6 is 0 Å². The molecule has 0 amide bonds. The van der Waals surface area contributed by atoms with E-state index >= 15 is 0 Å². The topological polar surface area (TPSA) is 44.8 Å². The van der Waals surface area contributed by atoms with E-state index in [0.717, 1.165) is 29.3 Å². The van der Waals surface area contributed by atoms with Gasteiger partial charge in [-0.15, -0.1) is 0 Å². The highest BCUT2D eigenvalue weighted by atomic mass is 15.2. The minimum absolute atomic E-state index is 0.569. The van der Waals surface area contributed by atoms with Crippen LogP contribution < -0.4 is 4.90 Å². The largest absolute Gasteiger partial charge is 0.353 e. The van der Waals surface area contributed by atoms with Crippen LogP contribution in [0.4, 0.5) is 5.82 Å². The minimum atomic E-state index is 0.569. The number of nitrogens with one attached hydrogen (secondary N) is 1. The summed E-state index contributed by atoms with van der Waals surface area (Å²) < 4.78 is 0. The van der Waals surface area contributed by atoms with Crippen molar-refractivity contribution in [3.05, 3.63) is 18.6 Å². The van der Waals surface area contributed by atoms with E-state index in [9.17, 15) is 0 Å². The number of aromatic nitrogens is 3. The summed E-state index contributed by atoms with van der Waals surface area (Å²) in [7, 11) is 0. The number of hydrogen-bond acceptors (Lipinski definition) is 3. The molecule has 1 aliphatic rings. The van der Waals surface area contributed by atoms with E-state index in [0.29, 0.717) is 6.04 Å².